The van der Waals surface area contributed by atoms with E-state index in [1.165, 1.54) is 0 Å². The van der Waals surface area contributed by atoms with Gasteiger partial charge in [0.15, 0.2) is 23.3 Å². The van der Waals surface area contributed by atoms with E-state index in [9.17, 15) is 17.6 Å². The Balaban J connectivity index is 3.24. The molecule has 1 aromatic carbocycles. The Labute approximate surface area is 71.3 Å². The fourth-order valence-electron chi connectivity index (χ4n) is 0.860. The molecule has 72 valence electrons. The molecule has 0 saturated carbocycles. The molecule has 1 aromatic rings. The van der Waals surface area contributed by atoms with E-state index in [0.717, 1.165) is 0 Å². The van der Waals surface area contributed by atoms with Gasteiger partial charge >= 0.3 is 0 Å². The lowest BCUT2D eigenvalue weighted by Gasteiger charge is -2.04. The molecule has 13 heavy (non-hydrogen) atoms. The van der Waals surface area contributed by atoms with Crippen molar-refractivity contribution in [2.24, 2.45) is 5.84 Å². The van der Waals surface area contributed by atoms with Gasteiger partial charge in [-0.2, -0.15) is 0 Å². The van der Waals surface area contributed by atoms with Gasteiger partial charge in [0.25, 0.3) is 0 Å². The molecule has 0 amide bonds. The van der Waals surface area contributed by atoms with E-state index in [1.807, 2.05) is 5.43 Å². The average molecular weight is 194 g/mol. The summed E-state index contributed by atoms with van der Waals surface area (Å²) in [5, 5.41) is 0. The standard InChI is InChI=1S/C7H6F4N2/c8-4-1-3(2-13-12)5(9)7(11)6(4)10/h1,13H,2,12H2. The van der Waals surface area contributed by atoms with Crippen molar-refractivity contribution in [2.45, 2.75) is 6.54 Å². The summed E-state index contributed by atoms with van der Waals surface area (Å²) >= 11 is 0. The van der Waals surface area contributed by atoms with Crippen molar-refractivity contribution in [3.63, 3.8) is 0 Å². The second-order valence-electron chi connectivity index (χ2n) is 2.34. The normalized spacial score (nSPS) is 10.5. The number of benzene rings is 1. The first-order valence-corrected chi connectivity index (χ1v) is 3.33. The second-order valence-corrected chi connectivity index (χ2v) is 2.34. The zero-order chi connectivity index (χ0) is 10.0. The lowest BCUT2D eigenvalue weighted by Crippen LogP contribution is -2.22. The van der Waals surface area contributed by atoms with Crippen molar-refractivity contribution < 1.29 is 17.6 Å². The van der Waals surface area contributed by atoms with Crippen LogP contribution in [-0.2, 0) is 6.54 Å². The van der Waals surface area contributed by atoms with Crippen LogP contribution in [0.3, 0.4) is 0 Å². The Hall–Kier alpha value is -1.14. The Morgan fingerprint density at radius 2 is 1.69 bits per heavy atom. The summed E-state index contributed by atoms with van der Waals surface area (Å²) in [5.41, 5.74) is 1.64. The highest BCUT2D eigenvalue weighted by molar-refractivity contribution is 5.21. The molecular formula is C7H6F4N2. The molecule has 0 unspecified atom stereocenters. The number of nitrogens with two attached hydrogens (primary N) is 1. The molecule has 0 heterocycles. The number of halogens is 4. The largest absolute Gasteiger partial charge is 0.271 e. The van der Waals surface area contributed by atoms with Gasteiger partial charge < -0.3 is 0 Å². The van der Waals surface area contributed by atoms with Crippen LogP contribution in [0.2, 0.25) is 0 Å². The third kappa shape index (κ3) is 1.78. The lowest BCUT2D eigenvalue weighted by atomic mass is 10.2. The van der Waals surface area contributed by atoms with Gasteiger partial charge in [-0.25, -0.2) is 17.6 Å². The molecule has 0 aliphatic carbocycles. The van der Waals surface area contributed by atoms with Crippen molar-refractivity contribution in [3.05, 3.63) is 34.9 Å². The zero-order valence-corrected chi connectivity index (χ0v) is 6.37. The summed E-state index contributed by atoms with van der Waals surface area (Å²) in [7, 11) is 0. The zero-order valence-electron chi connectivity index (χ0n) is 6.37. The summed E-state index contributed by atoms with van der Waals surface area (Å²) in [6.07, 6.45) is 0. The number of hydrazine groups is 1. The quantitative estimate of drug-likeness (QED) is 0.244. The summed E-state index contributed by atoms with van der Waals surface area (Å²) in [4.78, 5) is 0. The molecular weight excluding hydrogens is 188 g/mol. The minimum Gasteiger partial charge on any atom is -0.271 e. The van der Waals surface area contributed by atoms with E-state index in [4.69, 9.17) is 5.84 Å². The van der Waals surface area contributed by atoms with Crippen LogP contribution in [0.1, 0.15) is 5.56 Å². The predicted octanol–water partition coefficient (Wildman–Crippen LogP) is 1.21. The van der Waals surface area contributed by atoms with E-state index in [0.29, 0.717) is 6.07 Å². The van der Waals surface area contributed by atoms with Gasteiger partial charge in [0, 0.05) is 12.1 Å². The molecule has 0 saturated heterocycles. The summed E-state index contributed by atoms with van der Waals surface area (Å²) in [5.74, 6) is -1.71. The van der Waals surface area contributed by atoms with E-state index in [-0.39, 0.29) is 12.1 Å². The predicted molar refractivity (Wildman–Crippen MR) is 37.3 cm³/mol. The van der Waals surface area contributed by atoms with Gasteiger partial charge in [-0.05, 0) is 6.07 Å². The van der Waals surface area contributed by atoms with E-state index in [1.54, 1.807) is 0 Å². The highest BCUT2D eigenvalue weighted by Gasteiger charge is 2.17. The van der Waals surface area contributed by atoms with Crippen molar-refractivity contribution in [3.8, 4) is 0 Å². The summed E-state index contributed by atoms with van der Waals surface area (Å²) in [6, 6.07) is 0.549. The minimum absolute atomic E-state index is 0.278. The molecule has 0 atom stereocenters. The van der Waals surface area contributed by atoms with Crippen molar-refractivity contribution >= 4 is 0 Å². The molecule has 0 spiro atoms. The van der Waals surface area contributed by atoms with Crippen molar-refractivity contribution in [1.29, 1.82) is 0 Å². The average Bonchev–Trinajstić information content (AvgIpc) is 2.11. The van der Waals surface area contributed by atoms with Crippen LogP contribution in [0.15, 0.2) is 6.07 Å². The Bertz CT molecular complexity index is 327. The SMILES string of the molecule is NNCc1cc(F)c(F)c(F)c1F. The monoisotopic (exact) mass is 194 g/mol. The van der Waals surface area contributed by atoms with Crippen LogP contribution in [0, 0.1) is 23.3 Å². The van der Waals surface area contributed by atoms with Gasteiger partial charge in [-0.1, -0.05) is 0 Å². The smallest absolute Gasteiger partial charge is 0.197 e. The van der Waals surface area contributed by atoms with E-state index in [2.05, 4.69) is 0 Å². The molecule has 3 N–H and O–H groups in total. The molecule has 2 nitrogen and oxygen atoms in total. The maximum absolute atomic E-state index is 12.8. The Kier molecular flexibility index (Phi) is 2.84. The summed E-state index contributed by atoms with van der Waals surface area (Å²) < 4.78 is 50.1. The number of rotatable bonds is 2. The highest BCUT2D eigenvalue weighted by atomic mass is 19.2. The molecule has 0 aliphatic rings. The van der Waals surface area contributed by atoms with Gasteiger partial charge in [0.1, 0.15) is 0 Å². The number of nitrogens with one attached hydrogen (secondary N) is 1. The molecule has 0 bridgehead atoms. The maximum Gasteiger partial charge on any atom is 0.197 e. The minimum atomic E-state index is -1.83. The molecule has 0 aromatic heterocycles. The van der Waals surface area contributed by atoms with Crippen LogP contribution in [-0.4, -0.2) is 0 Å². The van der Waals surface area contributed by atoms with Crippen LogP contribution in [0.25, 0.3) is 0 Å². The third-order valence-corrected chi connectivity index (χ3v) is 1.47. The van der Waals surface area contributed by atoms with Gasteiger partial charge in [0.2, 0.25) is 0 Å². The van der Waals surface area contributed by atoms with E-state index >= 15 is 0 Å². The first-order valence-electron chi connectivity index (χ1n) is 3.33. The van der Waals surface area contributed by atoms with Crippen LogP contribution >= 0.6 is 0 Å². The van der Waals surface area contributed by atoms with Crippen molar-refractivity contribution in [2.75, 3.05) is 0 Å². The lowest BCUT2D eigenvalue weighted by molar-refractivity contribution is 0.402. The van der Waals surface area contributed by atoms with Gasteiger partial charge in [0.05, 0.1) is 0 Å². The third-order valence-electron chi connectivity index (χ3n) is 1.47. The van der Waals surface area contributed by atoms with Crippen molar-refractivity contribution in [1.82, 2.24) is 5.43 Å². The molecule has 6 heteroatoms. The van der Waals surface area contributed by atoms with E-state index < -0.39 is 23.3 Å². The maximum atomic E-state index is 12.8. The van der Waals surface area contributed by atoms with Gasteiger partial charge in [-0.15, -0.1) is 0 Å². The fourth-order valence-corrected chi connectivity index (χ4v) is 0.860. The Morgan fingerprint density at radius 3 is 2.23 bits per heavy atom. The molecule has 0 fully saturated rings. The first-order chi connectivity index (χ1) is 6.07. The fraction of sp³-hybridized carbons (Fsp3) is 0.143. The van der Waals surface area contributed by atoms with Crippen LogP contribution < -0.4 is 11.3 Å². The Morgan fingerprint density at radius 1 is 1.08 bits per heavy atom. The number of hydrogen-bond acceptors (Lipinski definition) is 2. The molecule has 0 aliphatic heterocycles. The number of hydrogen-bond donors (Lipinski definition) is 2. The topological polar surface area (TPSA) is 38.0 Å². The van der Waals surface area contributed by atoms with Gasteiger partial charge in [-0.3, -0.25) is 11.3 Å². The van der Waals surface area contributed by atoms with Crippen LogP contribution in [0.4, 0.5) is 17.6 Å². The molecule has 1 rings (SSSR count). The van der Waals surface area contributed by atoms with Crippen LogP contribution in [0.5, 0.6) is 0 Å². The first kappa shape index (κ1) is 9.94. The summed E-state index contributed by atoms with van der Waals surface area (Å²) in [6.45, 7) is -0.278. The second kappa shape index (κ2) is 3.71. The highest BCUT2D eigenvalue weighted by Crippen LogP contribution is 2.18. The molecule has 0 radical (unpaired) electrons.